The highest BCUT2D eigenvalue weighted by molar-refractivity contribution is 6.35. The first kappa shape index (κ1) is 22.3. The van der Waals surface area contributed by atoms with Crippen LogP contribution < -0.4 is 9.64 Å². The Morgan fingerprint density at radius 3 is 2.34 bits per heavy atom. The number of aromatic nitrogens is 2. The molecular formula is C23H21Cl2FN4O2. The molecule has 9 heteroatoms. The Bertz CT molecular complexity index is 1090. The fourth-order valence-electron chi connectivity index (χ4n) is 3.49. The molecule has 0 radical (unpaired) electrons. The quantitative estimate of drug-likeness (QED) is 0.535. The SMILES string of the molecule is CC(Oc1ccc(Cl)cc1Cl)C(=O)N1CCN(c2ccc(-c3ccc(F)cc3)nn2)CC1. The molecule has 0 N–H and O–H groups in total. The lowest BCUT2D eigenvalue weighted by Gasteiger charge is -2.36. The van der Waals surface area contributed by atoms with Crippen LogP contribution in [0, 0.1) is 5.82 Å². The Morgan fingerprint density at radius 1 is 1.00 bits per heavy atom. The van der Waals surface area contributed by atoms with Crippen molar-refractivity contribution in [2.75, 3.05) is 31.1 Å². The van der Waals surface area contributed by atoms with E-state index in [1.807, 2.05) is 12.1 Å². The summed E-state index contributed by atoms with van der Waals surface area (Å²) in [4.78, 5) is 16.7. The van der Waals surface area contributed by atoms with Gasteiger partial charge in [-0.3, -0.25) is 4.79 Å². The van der Waals surface area contributed by atoms with Gasteiger partial charge >= 0.3 is 0 Å². The van der Waals surface area contributed by atoms with E-state index < -0.39 is 6.10 Å². The average Bonchev–Trinajstić information content (AvgIpc) is 2.81. The molecule has 0 aliphatic carbocycles. The number of halogens is 3. The number of nitrogens with zero attached hydrogens (tertiary/aromatic N) is 4. The fourth-order valence-corrected chi connectivity index (χ4v) is 3.95. The maximum Gasteiger partial charge on any atom is 0.263 e. The van der Waals surface area contributed by atoms with Gasteiger partial charge in [0, 0.05) is 36.8 Å². The second-order valence-electron chi connectivity index (χ2n) is 7.43. The van der Waals surface area contributed by atoms with Crippen molar-refractivity contribution in [2.45, 2.75) is 13.0 Å². The maximum atomic E-state index is 13.1. The van der Waals surface area contributed by atoms with E-state index in [1.54, 1.807) is 42.2 Å². The molecule has 1 aliphatic rings. The highest BCUT2D eigenvalue weighted by atomic mass is 35.5. The number of hydrogen-bond acceptors (Lipinski definition) is 5. The predicted octanol–water partition coefficient (Wildman–Crippen LogP) is 4.71. The summed E-state index contributed by atoms with van der Waals surface area (Å²) in [6.07, 6.45) is -0.671. The van der Waals surface area contributed by atoms with Gasteiger partial charge in [0.25, 0.3) is 5.91 Å². The van der Waals surface area contributed by atoms with Gasteiger partial charge in [-0.2, -0.15) is 0 Å². The first-order valence-corrected chi connectivity index (χ1v) is 10.9. The molecule has 32 heavy (non-hydrogen) atoms. The van der Waals surface area contributed by atoms with Gasteiger partial charge in [0.05, 0.1) is 10.7 Å². The Kier molecular flexibility index (Phi) is 6.77. The van der Waals surface area contributed by atoms with Crippen molar-refractivity contribution in [3.63, 3.8) is 0 Å². The minimum Gasteiger partial charge on any atom is -0.479 e. The number of benzene rings is 2. The minimum atomic E-state index is -0.671. The monoisotopic (exact) mass is 474 g/mol. The molecule has 3 aromatic rings. The van der Waals surface area contributed by atoms with E-state index in [2.05, 4.69) is 15.1 Å². The predicted molar refractivity (Wildman–Crippen MR) is 123 cm³/mol. The lowest BCUT2D eigenvalue weighted by molar-refractivity contribution is -0.138. The van der Waals surface area contributed by atoms with Crippen LogP contribution in [0.15, 0.2) is 54.6 Å². The molecule has 1 fully saturated rings. The maximum absolute atomic E-state index is 13.1. The molecule has 6 nitrogen and oxygen atoms in total. The zero-order valence-electron chi connectivity index (χ0n) is 17.3. The number of carbonyl (C=O) groups excluding carboxylic acids is 1. The zero-order chi connectivity index (χ0) is 22.7. The number of rotatable bonds is 5. The molecule has 2 heterocycles. The fraction of sp³-hybridized carbons (Fsp3) is 0.261. The van der Waals surface area contributed by atoms with E-state index in [-0.39, 0.29) is 11.7 Å². The lowest BCUT2D eigenvalue weighted by atomic mass is 10.1. The van der Waals surface area contributed by atoms with Crippen LogP contribution in [0.5, 0.6) is 5.75 Å². The van der Waals surface area contributed by atoms with E-state index in [0.29, 0.717) is 47.7 Å². The van der Waals surface area contributed by atoms with Gasteiger partial charge in [0.15, 0.2) is 11.9 Å². The molecular weight excluding hydrogens is 454 g/mol. The second kappa shape index (κ2) is 9.71. The molecule has 0 saturated carbocycles. The van der Waals surface area contributed by atoms with Gasteiger partial charge in [-0.15, -0.1) is 10.2 Å². The molecule has 1 atom stereocenters. The van der Waals surface area contributed by atoms with Crippen molar-refractivity contribution in [1.82, 2.24) is 15.1 Å². The number of ether oxygens (including phenoxy) is 1. The Morgan fingerprint density at radius 2 is 1.72 bits per heavy atom. The molecule has 1 aromatic heterocycles. The van der Waals surface area contributed by atoms with Crippen LogP contribution in [-0.2, 0) is 4.79 Å². The first-order chi connectivity index (χ1) is 15.4. The van der Waals surface area contributed by atoms with Gasteiger partial charge < -0.3 is 14.5 Å². The van der Waals surface area contributed by atoms with Crippen molar-refractivity contribution in [3.05, 3.63) is 70.5 Å². The number of amides is 1. The van der Waals surface area contributed by atoms with E-state index in [1.165, 1.54) is 12.1 Å². The third-order valence-electron chi connectivity index (χ3n) is 5.25. The molecule has 0 bridgehead atoms. The average molecular weight is 475 g/mol. The molecule has 166 valence electrons. The van der Waals surface area contributed by atoms with Crippen molar-refractivity contribution in [3.8, 4) is 17.0 Å². The lowest BCUT2D eigenvalue weighted by Crippen LogP contribution is -2.52. The molecule has 0 spiro atoms. The number of hydrogen-bond donors (Lipinski definition) is 0. The summed E-state index contributed by atoms with van der Waals surface area (Å²) in [5.41, 5.74) is 1.48. The molecule has 1 saturated heterocycles. The summed E-state index contributed by atoms with van der Waals surface area (Å²) >= 11 is 12.0. The molecule has 4 rings (SSSR count). The summed E-state index contributed by atoms with van der Waals surface area (Å²) < 4.78 is 18.8. The van der Waals surface area contributed by atoms with E-state index >= 15 is 0 Å². The summed E-state index contributed by atoms with van der Waals surface area (Å²) in [6.45, 7) is 4.05. The van der Waals surface area contributed by atoms with Crippen molar-refractivity contribution < 1.29 is 13.9 Å². The number of piperazine rings is 1. The van der Waals surface area contributed by atoms with Gasteiger partial charge in [-0.1, -0.05) is 23.2 Å². The molecule has 2 aromatic carbocycles. The van der Waals surface area contributed by atoms with Crippen molar-refractivity contribution in [1.29, 1.82) is 0 Å². The van der Waals surface area contributed by atoms with E-state index in [9.17, 15) is 9.18 Å². The smallest absolute Gasteiger partial charge is 0.263 e. The van der Waals surface area contributed by atoms with Gasteiger partial charge in [0.1, 0.15) is 11.6 Å². The highest BCUT2D eigenvalue weighted by Gasteiger charge is 2.27. The summed E-state index contributed by atoms with van der Waals surface area (Å²) in [5, 5.41) is 9.44. The van der Waals surface area contributed by atoms with Crippen LogP contribution in [0.4, 0.5) is 10.2 Å². The van der Waals surface area contributed by atoms with E-state index in [0.717, 1.165) is 11.4 Å². The minimum absolute atomic E-state index is 0.103. The van der Waals surface area contributed by atoms with Crippen molar-refractivity contribution in [2.24, 2.45) is 0 Å². The second-order valence-corrected chi connectivity index (χ2v) is 8.27. The normalized spacial score (nSPS) is 14.9. The number of anilines is 1. The Labute approximate surface area is 195 Å². The van der Waals surface area contributed by atoms with Crippen LogP contribution >= 0.6 is 23.2 Å². The first-order valence-electron chi connectivity index (χ1n) is 10.2. The third-order valence-corrected chi connectivity index (χ3v) is 5.78. The van der Waals surface area contributed by atoms with Gasteiger partial charge in [0.2, 0.25) is 0 Å². The van der Waals surface area contributed by atoms with Gasteiger partial charge in [-0.25, -0.2) is 4.39 Å². The largest absolute Gasteiger partial charge is 0.479 e. The van der Waals surface area contributed by atoms with Crippen LogP contribution in [0.2, 0.25) is 10.0 Å². The Hall–Kier alpha value is -2.90. The van der Waals surface area contributed by atoms with Gasteiger partial charge in [-0.05, 0) is 61.5 Å². The molecule has 1 unspecified atom stereocenters. The van der Waals surface area contributed by atoms with Crippen LogP contribution in [0.3, 0.4) is 0 Å². The van der Waals surface area contributed by atoms with Crippen LogP contribution in [-0.4, -0.2) is 53.3 Å². The van der Waals surface area contributed by atoms with Crippen molar-refractivity contribution >= 4 is 34.9 Å². The zero-order valence-corrected chi connectivity index (χ0v) is 18.9. The Balaban J connectivity index is 1.33. The summed E-state index contributed by atoms with van der Waals surface area (Å²) in [6, 6.07) is 14.8. The van der Waals surface area contributed by atoms with Crippen LogP contribution in [0.25, 0.3) is 11.3 Å². The van der Waals surface area contributed by atoms with Crippen LogP contribution in [0.1, 0.15) is 6.92 Å². The molecule has 1 aliphatic heterocycles. The summed E-state index contributed by atoms with van der Waals surface area (Å²) in [5.74, 6) is 0.766. The highest BCUT2D eigenvalue weighted by Crippen LogP contribution is 2.28. The van der Waals surface area contributed by atoms with E-state index in [4.69, 9.17) is 27.9 Å². The topological polar surface area (TPSA) is 58.6 Å². The molecule has 1 amide bonds. The summed E-state index contributed by atoms with van der Waals surface area (Å²) in [7, 11) is 0. The third kappa shape index (κ3) is 5.11. The standard InChI is InChI=1S/C23H21Cl2FN4O2/c1-15(32-21-8-4-17(24)14-19(21)25)23(31)30-12-10-29(11-13-30)22-9-7-20(27-28-22)16-2-5-18(26)6-3-16/h2-9,14-15H,10-13H2,1H3. The number of carbonyl (C=O) groups is 1.